The molecule has 0 radical (unpaired) electrons. The maximum absolute atomic E-state index is 10.9. The van der Waals surface area contributed by atoms with Crippen molar-refractivity contribution in [1.82, 2.24) is 0 Å². The average molecular weight is 282 g/mol. The molecular formula is C11H11Cl3O2. The van der Waals surface area contributed by atoms with Gasteiger partial charge in [-0.3, -0.25) is 4.79 Å². The third-order valence-corrected chi connectivity index (χ3v) is 2.56. The first-order valence-corrected chi connectivity index (χ1v) is 5.74. The van der Waals surface area contributed by atoms with E-state index in [1.165, 1.54) is 6.92 Å². The molecule has 0 heterocycles. The van der Waals surface area contributed by atoms with Crippen LogP contribution in [0.2, 0.25) is 0 Å². The summed E-state index contributed by atoms with van der Waals surface area (Å²) in [6.45, 7) is 3.22. The number of rotatable bonds is 2. The minimum Gasteiger partial charge on any atom is -0.453 e. The monoisotopic (exact) mass is 280 g/mol. The zero-order valence-corrected chi connectivity index (χ0v) is 11.1. The number of halogens is 3. The van der Waals surface area contributed by atoms with Gasteiger partial charge in [-0.2, -0.15) is 0 Å². The highest BCUT2D eigenvalue weighted by Gasteiger charge is 2.36. The van der Waals surface area contributed by atoms with Crippen molar-refractivity contribution in [3.05, 3.63) is 35.4 Å². The van der Waals surface area contributed by atoms with Crippen molar-refractivity contribution in [2.24, 2.45) is 0 Å². The van der Waals surface area contributed by atoms with Gasteiger partial charge in [0.25, 0.3) is 0 Å². The average Bonchev–Trinajstić information content (AvgIpc) is 2.14. The first-order valence-electron chi connectivity index (χ1n) is 4.61. The summed E-state index contributed by atoms with van der Waals surface area (Å²) in [5, 5.41) is 0. The van der Waals surface area contributed by atoms with E-state index in [0.29, 0.717) is 5.56 Å². The SMILES string of the molecule is CC(=O)OC(c1ccc(C)cc1)C(Cl)(Cl)Cl. The van der Waals surface area contributed by atoms with E-state index in [1.807, 2.05) is 19.1 Å². The Morgan fingerprint density at radius 2 is 1.75 bits per heavy atom. The lowest BCUT2D eigenvalue weighted by Crippen LogP contribution is -2.22. The van der Waals surface area contributed by atoms with E-state index >= 15 is 0 Å². The van der Waals surface area contributed by atoms with Gasteiger partial charge in [-0.1, -0.05) is 64.6 Å². The first-order chi connectivity index (χ1) is 7.30. The number of esters is 1. The molecule has 0 aromatic heterocycles. The van der Waals surface area contributed by atoms with Gasteiger partial charge in [-0.05, 0) is 12.5 Å². The summed E-state index contributed by atoms with van der Waals surface area (Å²) in [7, 11) is 0. The second-order valence-corrected chi connectivity index (χ2v) is 5.81. The van der Waals surface area contributed by atoms with Crippen LogP contribution in [0.3, 0.4) is 0 Å². The van der Waals surface area contributed by atoms with E-state index in [4.69, 9.17) is 39.5 Å². The summed E-state index contributed by atoms with van der Waals surface area (Å²) >= 11 is 17.3. The Labute approximate surface area is 109 Å². The van der Waals surface area contributed by atoms with Crippen LogP contribution >= 0.6 is 34.8 Å². The molecule has 0 fully saturated rings. The number of alkyl halides is 3. The molecule has 0 aliphatic rings. The molecular weight excluding hydrogens is 270 g/mol. The molecule has 0 saturated carbocycles. The molecule has 0 aliphatic heterocycles. The lowest BCUT2D eigenvalue weighted by Gasteiger charge is -2.24. The van der Waals surface area contributed by atoms with Gasteiger partial charge in [0.05, 0.1) is 0 Å². The molecule has 1 aromatic rings. The fourth-order valence-corrected chi connectivity index (χ4v) is 1.74. The predicted molar refractivity (Wildman–Crippen MR) is 66.0 cm³/mol. The van der Waals surface area contributed by atoms with Crippen LogP contribution in [0.4, 0.5) is 0 Å². The highest BCUT2D eigenvalue weighted by Crippen LogP contribution is 2.42. The lowest BCUT2D eigenvalue weighted by atomic mass is 10.1. The molecule has 0 amide bonds. The Balaban J connectivity index is 3.01. The smallest absolute Gasteiger partial charge is 0.303 e. The summed E-state index contributed by atoms with van der Waals surface area (Å²) in [6.07, 6.45) is -0.893. The van der Waals surface area contributed by atoms with Crippen LogP contribution in [0.15, 0.2) is 24.3 Å². The predicted octanol–water partition coefficient (Wildman–Crippen LogP) is 3.97. The van der Waals surface area contributed by atoms with E-state index in [0.717, 1.165) is 5.56 Å². The number of ether oxygens (including phenoxy) is 1. The molecule has 88 valence electrons. The first kappa shape index (κ1) is 13.6. The molecule has 1 aromatic carbocycles. The number of carbonyl (C=O) groups is 1. The standard InChI is InChI=1S/C11H11Cl3O2/c1-7-3-5-9(6-4-7)10(11(12,13)14)16-8(2)15/h3-6,10H,1-2H3. The van der Waals surface area contributed by atoms with Gasteiger partial charge < -0.3 is 4.74 Å². The van der Waals surface area contributed by atoms with Crippen molar-refractivity contribution in [3.8, 4) is 0 Å². The topological polar surface area (TPSA) is 26.3 Å². The minimum atomic E-state index is -1.68. The zero-order valence-electron chi connectivity index (χ0n) is 8.84. The molecule has 1 rings (SSSR count). The summed E-state index contributed by atoms with van der Waals surface area (Å²) < 4.78 is 3.33. The third-order valence-electron chi connectivity index (χ3n) is 1.96. The molecule has 1 atom stereocenters. The molecule has 0 aliphatic carbocycles. The van der Waals surface area contributed by atoms with Crippen LogP contribution in [-0.4, -0.2) is 9.76 Å². The van der Waals surface area contributed by atoms with E-state index in [2.05, 4.69) is 0 Å². The van der Waals surface area contributed by atoms with Crippen LogP contribution in [0.25, 0.3) is 0 Å². The van der Waals surface area contributed by atoms with E-state index in [9.17, 15) is 4.79 Å². The Bertz CT molecular complexity index is 368. The van der Waals surface area contributed by atoms with Crippen molar-refractivity contribution in [1.29, 1.82) is 0 Å². The molecule has 5 heteroatoms. The van der Waals surface area contributed by atoms with Crippen molar-refractivity contribution in [2.75, 3.05) is 0 Å². The zero-order chi connectivity index (χ0) is 12.3. The second kappa shape index (κ2) is 5.26. The number of benzene rings is 1. The Morgan fingerprint density at radius 3 is 2.12 bits per heavy atom. The second-order valence-electron chi connectivity index (χ2n) is 3.44. The van der Waals surface area contributed by atoms with Crippen molar-refractivity contribution in [2.45, 2.75) is 23.7 Å². The van der Waals surface area contributed by atoms with Gasteiger partial charge in [-0.25, -0.2) is 0 Å². The van der Waals surface area contributed by atoms with Gasteiger partial charge in [0.2, 0.25) is 3.79 Å². The van der Waals surface area contributed by atoms with Crippen molar-refractivity contribution < 1.29 is 9.53 Å². The van der Waals surface area contributed by atoms with Crippen molar-refractivity contribution >= 4 is 40.8 Å². The molecule has 0 saturated heterocycles. The maximum atomic E-state index is 10.9. The van der Waals surface area contributed by atoms with Gasteiger partial charge in [0, 0.05) is 6.92 Å². The lowest BCUT2D eigenvalue weighted by molar-refractivity contribution is -0.146. The molecule has 16 heavy (non-hydrogen) atoms. The number of aryl methyl sites for hydroxylation is 1. The van der Waals surface area contributed by atoms with Gasteiger partial charge >= 0.3 is 5.97 Å². The molecule has 2 nitrogen and oxygen atoms in total. The fourth-order valence-electron chi connectivity index (χ4n) is 1.23. The minimum absolute atomic E-state index is 0.489. The number of hydrogen-bond donors (Lipinski definition) is 0. The molecule has 1 unspecified atom stereocenters. The van der Waals surface area contributed by atoms with E-state index < -0.39 is 15.9 Å². The fraction of sp³-hybridized carbons (Fsp3) is 0.364. The Morgan fingerprint density at radius 1 is 1.25 bits per heavy atom. The summed E-state index contributed by atoms with van der Waals surface area (Å²) in [5.41, 5.74) is 1.73. The normalized spacial score (nSPS) is 13.3. The third kappa shape index (κ3) is 3.85. The number of hydrogen-bond acceptors (Lipinski definition) is 2. The van der Waals surface area contributed by atoms with Gasteiger partial charge in [0.15, 0.2) is 6.10 Å². The maximum Gasteiger partial charge on any atom is 0.303 e. The van der Waals surface area contributed by atoms with Gasteiger partial charge in [0.1, 0.15) is 0 Å². The molecule has 0 spiro atoms. The molecule has 0 bridgehead atoms. The number of carbonyl (C=O) groups excluding carboxylic acids is 1. The highest BCUT2D eigenvalue weighted by atomic mass is 35.6. The quantitative estimate of drug-likeness (QED) is 0.605. The Hall–Kier alpha value is -0.440. The highest BCUT2D eigenvalue weighted by molar-refractivity contribution is 6.68. The Kier molecular flexibility index (Phi) is 4.48. The van der Waals surface area contributed by atoms with Gasteiger partial charge in [-0.15, -0.1) is 0 Å². The van der Waals surface area contributed by atoms with Crippen LogP contribution < -0.4 is 0 Å². The molecule has 0 N–H and O–H groups in total. The summed E-state index contributed by atoms with van der Waals surface area (Å²) in [5.74, 6) is -0.489. The van der Waals surface area contributed by atoms with Crippen LogP contribution in [0.1, 0.15) is 24.2 Å². The van der Waals surface area contributed by atoms with E-state index in [-0.39, 0.29) is 0 Å². The summed E-state index contributed by atoms with van der Waals surface area (Å²) in [6, 6.07) is 7.26. The van der Waals surface area contributed by atoms with Crippen LogP contribution in [0, 0.1) is 6.92 Å². The summed E-state index contributed by atoms with van der Waals surface area (Å²) in [4.78, 5) is 10.9. The van der Waals surface area contributed by atoms with E-state index in [1.54, 1.807) is 12.1 Å². The van der Waals surface area contributed by atoms with Crippen LogP contribution in [0.5, 0.6) is 0 Å². The largest absolute Gasteiger partial charge is 0.453 e. The van der Waals surface area contributed by atoms with Crippen molar-refractivity contribution in [3.63, 3.8) is 0 Å². The van der Waals surface area contributed by atoms with Crippen LogP contribution in [-0.2, 0) is 9.53 Å².